The van der Waals surface area contributed by atoms with Crippen LogP contribution in [0.4, 0.5) is 11.4 Å². The third-order valence-electron chi connectivity index (χ3n) is 6.07. The van der Waals surface area contributed by atoms with Gasteiger partial charge in [-0.25, -0.2) is 8.42 Å². The number of sulfonamides is 1. The van der Waals surface area contributed by atoms with Crippen molar-refractivity contribution < 1.29 is 22.7 Å². The Kier molecular flexibility index (Phi) is 7.52. The van der Waals surface area contributed by atoms with Crippen molar-refractivity contribution >= 4 is 27.3 Å². The molecule has 1 amide bonds. The number of morpholine rings is 1. The fourth-order valence-corrected chi connectivity index (χ4v) is 5.68. The number of nitrogens with one attached hydrogen (secondary N) is 1. The summed E-state index contributed by atoms with van der Waals surface area (Å²) in [6, 6.07) is 12.4. The summed E-state index contributed by atoms with van der Waals surface area (Å²) in [5.74, 6) is 0.534. The number of carbonyl (C=O) groups is 1. The molecule has 0 radical (unpaired) electrons. The van der Waals surface area contributed by atoms with Crippen molar-refractivity contribution in [1.29, 1.82) is 0 Å². The van der Waals surface area contributed by atoms with Crippen LogP contribution in [0.15, 0.2) is 47.4 Å². The average Bonchev–Trinajstić information content (AvgIpc) is 2.85. The summed E-state index contributed by atoms with van der Waals surface area (Å²) in [5.41, 5.74) is 2.24. The van der Waals surface area contributed by atoms with Gasteiger partial charge in [0.15, 0.2) is 0 Å². The fraction of sp³-hybridized carbons (Fsp3) is 0.458. The zero-order valence-electron chi connectivity index (χ0n) is 19.0. The molecule has 0 atom stereocenters. The van der Waals surface area contributed by atoms with Gasteiger partial charge in [0.1, 0.15) is 5.75 Å². The Morgan fingerprint density at radius 3 is 2.36 bits per heavy atom. The highest BCUT2D eigenvalue weighted by atomic mass is 32.2. The molecule has 2 aromatic carbocycles. The van der Waals surface area contributed by atoms with E-state index >= 15 is 0 Å². The number of anilines is 2. The minimum atomic E-state index is -3.66. The molecule has 2 saturated heterocycles. The molecule has 0 unspecified atom stereocenters. The van der Waals surface area contributed by atoms with Crippen LogP contribution in [0.3, 0.4) is 0 Å². The highest BCUT2D eigenvalue weighted by Crippen LogP contribution is 2.32. The Hall–Kier alpha value is -2.62. The average molecular weight is 474 g/mol. The highest BCUT2D eigenvalue weighted by Gasteiger charge is 2.28. The number of nitrogens with zero attached hydrogens (tertiary/aromatic N) is 2. The quantitative estimate of drug-likeness (QED) is 0.665. The molecule has 0 spiro atoms. The van der Waals surface area contributed by atoms with E-state index in [4.69, 9.17) is 9.47 Å². The van der Waals surface area contributed by atoms with Gasteiger partial charge in [0.05, 0.1) is 43.0 Å². The lowest BCUT2D eigenvalue weighted by Crippen LogP contribution is -2.40. The molecule has 0 aliphatic carbocycles. The van der Waals surface area contributed by atoms with Crippen molar-refractivity contribution in [2.45, 2.75) is 30.6 Å². The lowest BCUT2D eigenvalue weighted by atomic mass is 10.1. The maximum absolute atomic E-state index is 13.2. The van der Waals surface area contributed by atoms with Crippen LogP contribution in [0.5, 0.6) is 5.75 Å². The fourth-order valence-electron chi connectivity index (χ4n) is 4.25. The van der Waals surface area contributed by atoms with Crippen molar-refractivity contribution in [2.75, 3.05) is 56.7 Å². The topological polar surface area (TPSA) is 88.2 Å². The molecule has 1 N–H and O–H groups in total. The van der Waals surface area contributed by atoms with Gasteiger partial charge in [0.25, 0.3) is 0 Å². The first-order chi connectivity index (χ1) is 16.0. The molecule has 9 heteroatoms. The number of hydrogen-bond donors (Lipinski definition) is 1. The summed E-state index contributed by atoms with van der Waals surface area (Å²) < 4.78 is 38.3. The SMILES string of the molecule is COc1ccc(CC(=O)Nc2cc(S(=O)(=O)N3CCOCC3)ccc2N2CCCCC2)cc1. The van der Waals surface area contributed by atoms with Crippen molar-refractivity contribution in [3.63, 3.8) is 0 Å². The van der Waals surface area contributed by atoms with Gasteiger partial charge in [-0.1, -0.05) is 12.1 Å². The second-order valence-electron chi connectivity index (χ2n) is 8.32. The Labute approximate surface area is 195 Å². The minimum absolute atomic E-state index is 0.184. The molecule has 0 bridgehead atoms. The second kappa shape index (κ2) is 10.5. The number of ether oxygens (including phenoxy) is 2. The first kappa shape index (κ1) is 23.5. The molecule has 8 nitrogen and oxygen atoms in total. The van der Waals surface area contributed by atoms with Crippen LogP contribution in [0.1, 0.15) is 24.8 Å². The van der Waals surface area contributed by atoms with E-state index < -0.39 is 10.0 Å². The van der Waals surface area contributed by atoms with E-state index in [9.17, 15) is 13.2 Å². The summed E-state index contributed by atoms with van der Waals surface area (Å²) >= 11 is 0. The number of methoxy groups -OCH3 is 1. The summed E-state index contributed by atoms with van der Waals surface area (Å²) in [6.07, 6.45) is 3.52. The maximum atomic E-state index is 13.2. The van der Waals surface area contributed by atoms with Gasteiger partial charge in [-0.3, -0.25) is 4.79 Å². The molecule has 2 aromatic rings. The number of hydrogen-bond acceptors (Lipinski definition) is 6. The maximum Gasteiger partial charge on any atom is 0.243 e. The highest BCUT2D eigenvalue weighted by molar-refractivity contribution is 7.89. The Morgan fingerprint density at radius 2 is 1.70 bits per heavy atom. The standard InChI is InChI=1S/C24H31N3O5S/c1-31-20-7-5-19(6-8-20)17-24(28)25-22-18-21(33(29,30)27-13-15-32-16-14-27)9-10-23(22)26-11-3-2-4-12-26/h5-10,18H,2-4,11-17H2,1H3,(H,25,28). The van der Waals surface area contributed by atoms with Crippen LogP contribution in [-0.2, 0) is 26.0 Å². The van der Waals surface area contributed by atoms with Gasteiger partial charge in [0.2, 0.25) is 15.9 Å². The number of piperidine rings is 1. The Balaban J connectivity index is 1.59. The summed E-state index contributed by atoms with van der Waals surface area (Å²) in [5, 5.41) is 2.98. The summed E-state index contributed by atoms with van der Waals surface area (Å²) in [4.78, 5) is 15.3. The smallest absolute Gasteiger partial charge is 0.243 e. The van der Waals surface area contributed by atoms with Gasteiger partial charge in [0, 0.05) is 26.2 Å². The molecule has 33 heavy (non-hydrogen) atoms. The number of carbonyl (C=O) groups excluding carboxylic acids is 1. The Bertz CT molecular complexity index is 1060. The number of amides is 1. The van der Waals surface area contributed by atoms with Gasteiger partial charge >= 0.3 is 0 Å². The summed E-state index contributed by atoms with van der Waals surface area (Å²) in [6.45, 7) is 3.20. The zero-order chi connectivity index (χ0) is 23.3. The van der Waals surface area contributed by atoms with Gasteiger partial charge in [-0.2, -0.15) is 4.31 Å². The van der Waals surface area contributed by atoms with Crippen LogP contribution in [0.25, 0.3) is 0 Å². The van der Waals surface area contributed by atoms with Crippen molar-refractivity contribution in [1.82, 2.24) is 4.31 Å². The van der Waals surface area contributed by atoms with E-state index in [-0.39, 0.29) is 17.2 Å². The number of benzene rings is 2. The first-order valence-corrected chi connectivity index (χ1v) is 12.8. The molecule has 2 fully saturated rings. The van der Waals surface area contributed by atoms with Crippen LogP contribution < -0.4 is 15.0 Å². The van der Waals surface area contributed by atoms with E-state index in [1.54, 1.807) is 19.2 Å². The van der Waals surface area contributed by atoms with E-state index in [1.165, 1.54) is 10.7 Å². The van der Waals surface area contributed by atoms with Crippen LogP contribution in [0.2, 0.25) is 0 Å². The van der Waals surface area contributed by atoms with Gasteiger partial charge in [-0.05, 0) is 55.2 Å². The molecular formula is C24H31N3O5S. The lowest BCUT2D eigenvalue weighted by molar-refractivity contribution is -0.115. The van der Waals surface area contributed by atoms with Crippen LogP contribution in [-0.4, -0.2) is 65.1 Å². The van der Waals surface area contributed by atoms with E-state index in [0.29, 0.717) is 32.0 Å². The van der Waals surface area contributed by atoms with E-state index in [0.717, 1.165) is 42.9 Å². The summed E-state index contributed by atoms with van der Waals surface area (Å²) in [7, 11) is -2.07. The van der Waals surface area contributed by atoms with Gasteiger partial charge in [-0.15, -0.1) is 0 Å². The molecule has 0 aromatic heterocycles. The molecular weight excluding hydrogens is 442 g/mol. The second-order valence-corrected chi connectivity index (χ2v) is 10.3. The molecule has 2 heterocycles. The molecule has 2 aliphatic heterocycles. The zero-order valence-corrected chi connectivity index (χ0v) is 19.8. The van der Waals surface area contributed by atoms with Crippen LogP contribution >= 0.6 is 0 Å². The van der Waals surface area contributed by atoms with Crippen molar-refractivity contribution in [3.8, 4) is 5.75 Å². The normalized spacial score (nSPS) is 17.5. The third kappa shape index (κ3) is 5.66. The third-order valence-corrected chi connectivity index (χ3v) is 7.97. The van der Waals surface area contributed by atoms with Crippen molar-refractivity contribution in [3.05, 3.63) is 48.0 Å². The monoisotopic (exact) mass is 473 g/mol. The van der Waals surface area contributed by atoms with E-state index in [1.807, 2.05) is 30.3 Å². The predicted octanol–water partition coefficient (Wildman–Crippen LogP) is 2.89. The predicted molar refractivity (Wildman–Crippen MR) is 127 cm³/mol. The first-order valence-electron chi connectivity index (χ1n) is 11.4. The van der Waals surface area contributed by atoms with Crippen molar-refractivity contribution in [2.24, 2.45) is 0 Å². The molecule has 2 aliphatic rings. The molecule has 0 saturated carbocycles. The Morgan fingerprint density at radius 1 is 1.00 bits per heavy atom. The van der Waals surface area contributed by atoms with Crippen LogP contribution in [0, 0.1) is 0 Å². The van der Waals surface area contributed by atoms with Gasteiger partial charge < -0.3 is 19.7 Å². The van der Waals surface area contributed by atoms with E-state index in [2.05, 4.69) is 10.2 Å². The lowest BCUT2D eigenvalue weighted by Gasteiger charge is -2.31. The number of rotatable bonds is 7. The minimum Gasteiger partial charge on any atom is -0.497 e. The molecule has 178 valence electrons. The largest absolute Gasteiger partial charge is 0.497 e. The molecule has 4 rings (SSSR count).